The fourth-order valence-electron chi connectivity index (χ4n) is 3.57. The van der Waals surface area contributed by atoms with Gasteiger partial charge in [0.2, 0.25) is 5.28 Å². The Bertz CT molecular complexity index is 1170. The first-order chi connectivity index (χ1) is 12.2. The fourth-order valence-corrected chi connectivity index (χ4v) is 3.74. The van der Waals surface area contributed by atoms with Gasteiger partial charge in [-0.15, -0.1) is 0 Å². The zero-order valence-corrected chi connectivity index (χ0v) is 14.0. The number of hydrogen-bond acceptors (Lipinski definition) is 4. The molecule has 124 valence electrons. The molecule has 0 spiro atoms. The Kier molecular flexibility index (Phi) is 2.93. The van der Waals surface area contributed by atoms with Crippen molar-refractivity contribution >= 4 is 44.9 Å². The molecule has 5 rings (SSSR count). The van der Waals surface area contributed by atoms with Gasteiger partial charge in [-0.2, -0.15) is 4.98 Å². The summed E-state index contributed by atoms with van der Waals surface area (Å²) >= 11 is 6.16. The van der Waals surface area contributed by atoms with Gasteiger partial charge in [-0.1, -0.05) is 18.2 Å². The van der Waals surface area contributed by atoms with Crippen molar-refractivity contribution in [2.75, 3.05) is 17.7 Å². The summed E-state index contributed by atoms with van der Waals surface area (Å²) in [6.07, 6.45) is 0. The molecule has 0 unspecified atom stereocenters. The van der Waals surface area contributed by atoms with E-state index in [0.29, 0.717) is 29.1 Å². The fraction of sp³-hybridized carbons (Fsp3) is 0.111. The number of aromatic nitrogens is 3. The number of rotatable bonds is 1. The highest BCUT2D eigenvalue weighted by atomic mass is 35.5. The third-order valence-corrected chi connectivity index (χ3v) is 4.83. The molecule has 0 radical (unpaired) electrons. The summed E-state index contributed by atoms with van der Waals surface area (Å²) in [5.74, 6) is -0.273. The molecule has 0 saturated heterocycles. The smallest absolute Gasteiger partial charge is 0.224 e. The van der Waals surface area contributed by atoms with Crippen LogP contribution in [-0.2, 0) is 6.54 Å². The van der Waals surface area contributed by atoms with Gasteiger partial charge in [-0.3, -0.25) is 0 Å². The molecule has 0 fully saturated rings. The minimum atomic E-state index is -0.273. The van der Waals surface area contributed by atoms with Crippen molar-refractivity contribution in [2.24, 2.45) is 0 Å². The number of para-hydroxylation sites is 1. The second-order valence-corrected chi connectivity index (χ2v) is 6.31. The standard InChI is InChI=1S/C18H13ClFN5/c1-21-12-6-10(20)9-7-22-11-5-3-2-4-8(11)15-14-13(9)16(12)23-17(14)25-18(19)24-15/h2-6,21-22H,7H2,1H3,(H,23,24,25). The van der Waals surface area contributed by atoms with Crippen LogP contribution in [0.5, 0.6) is 0 Å². The highest BCUT2D eigenvalue weighted by molar-refractivity contribution is 6.29. The van der Waals surface area contributed by atoms with Gasteiger partial charge in [0.1, 0.15) is 11.5 Å². The van der Waals surface area contributed by atoms with Crippen LogP contribution in [0.25, 0.3) is 33.2 Å². The Labute approximate surface area is 147 Å². The number of aromatic amines is 1. The summed E-state index contributed by atoms with van der Waals surface area (Å²) in [6, 6.07) is 9.30. The SMILES string of the molecule is CNc1cc(F)c2c3c1[nH]c1nc(Cl)nc(c13)-c1ccccc1NC2. The van der Waals surface area contributed by atoms with Crippen LogP contribution >= 0.6 is 11.6 Å². The van der Waals surface area contributed by atoms with Crippen LogP contribution in [0.1, 0.15) is 5.56 Å². The van der Waals surface area contributed by atoms with Crippen molar-refractivity contribution in [3.8, 4) is 11.3 Å². The number of halogens is 2. The summed E-state index contributed by atoms with van der Waals surface area (Å²) in [5.41, 5.74) is 5.15. The summed E-state index contributed by atoms with van der Waals surface area (Å²) in [7, 11) is 1.76. The molecule has 0 amide bonds. The molecule has 25 heavy (non-hydrogen) atoms. The average molecular weight is 354 g/mol. The van der Waals surface area contributed by atoms with E-state index in [2.05, 4.69) is 25.6 Å². The number of anilines is 2. The molecule has 1 aliphatic rings. The van der Waals surface area contributed by atoms with E-state index >= 15 is 0 Å². The first kappa shape index (κ1) is 14.5. The van der Waals surface area contributed by atoms with E-state index in [1.807, 2.05) is 24.3 Å². The highest BCUT2D eigenvalue weighted by Gasteiger charge is 2.24. The van der Waals surface area contributed by atoms with E-state index in [-0.39, 0.29) is 11.1 Å². The van der Waals surface area contributed by atoms with Gasteiger partial charge in [0.25, 0.3) is 0 Å². The Hall–Kier alpha value is -2.86. The van der Waals surface area contributed by atoms with Crippen molar-refractivity contribution in [3.05, 3.63) is 47.0 Å². The molecular weight excluding hydrogens is 341 g/mol. The van der Waals surface area contributed by atoms with Crippen molar-refractivity contribution in [3.63, 3.8) is 0 Å². The van der Waals surface area contributed by atoms with Crippen LogP contribution in [0.2, 0.25) is 5.28 Å². The van der Waals surface area contributed by atoms with Gasteiger partial charge in [0.15, 0.2) is 0 Å². The van der Waals surface area contributed by atoms with Gasteiger partial charge < -0.3 is 15.6 Å². The molecule has 3 heterocycles. The molecule has 2 aromatic heterocycles. The average Bonchev–Trinajstić information content (AvgIpc) is 2.97. The molecule has 5 nitrogen and oxygen atoms in total. The lowest BCUT2D eigenvalue weighted by Gasteiger charge is -2.18. The predicted octanol–water partition coefficient (Wildman–Crippen LogP) is 4.54. The molecule has 0 atom stereocenters. The highest BCUT2D eigenvalue weighted by Crippen LogP contribution is 2.42. The van der Waals surface area contributed by atoms with E-state index < -0.39 is 0 Å². The normalized spacial score (nSPS) is 12.8. The summed E-state index contributed by atoms with van der Waals surface area (Å²) in [6.45, 7) is 0.373. The summed E-state index contributed by atoms with van der Waals surface area (Å²) in [4.78, 5) is 12.1. The number of hydrogen-bond donors (Lipinski definition) is 3. The molecule has 2 aromatic carbocycles. The second kappa shape index (κ2) is 5.07. The Morgan fingerprint density at radius 2 is 2.04 bits per heavy atom. The first-order valence-electron chi connectivity index (χ1n) is 7.88. The summed E-state index contributed by atoms with van der Waals surface area (Å²) in [5, 5.41) is 8.08. The number of fused-ring (bicyclic) bond motifs is 2. The lowest BCUT2D eigenvalue weighted by Crippen LogP contribution is -2.07. The molecule has 0 saturated carbocycles. The number of nitrogens with zero attached hydrogens (tertiary/aromatic N) is 2. The van der Waals surface area contributed by atoms with E-state index in [1.165, 1.54) is 6.07 Å². The molecule has 7 heteroatoms. The molecule has 1 aliphatic heterocycles. The molecule has 0 aliphatic carbocycles. The maximum absolute atomic E-state index is 14.8. The lowest BCUT2D eigenvalue weighted by molar-refractivity contribution is 0.616. The van der Waals surface area contributed by atoms with E-state index in [1.54, 1.807) is 7.05 Å². The Balaban J connectivity index is 2.07. The first-order valence-corrected chi connectivity index (χ1v) is 8.26. The molecular formula is C18H13ClFN5. The van der Waals surface area contributed by atoms with Crippen LogP contribution in [0, 0.1) is 5.82 Å². The maximum Gasteiger partial charge on any atom is 0.224 e. The Morgan fingerprint density at radius 3 is 2.88 bits per heavy atom. The van der Waals surface area contributed by atoms with Gasteiger partial charge >= 0.3 is 0 Å². The van der Waals surface area contributed by atoms with Crippen molar-refractivity contribution in [1.82, 2.24) is 15.0 Å². The largest absolute Gasteiger partial charge is 0.386 e. The lowest BCUT2D eigenvalue weighted by atomic mass is 9.98. The van der Waals surface area contributed by atoms with E-state index in [9.17, 15) is 4.39 Å². The molecule has 4 aromatic rings. The van der Waals surface area contributed by atoms with Crippen LogP contribution < -0.4 is 10.6 Å². The summed E-state index contributed by atoms with van der Waals surface area (Å²) < 4.78 is 14.8. The Morgan fingerprint density at radius 1 is 1.20 bits per heavy atom. The van der Waals surface area contributed by atoms with E-state index in [4.69, 9.17) is 11.6 Å². The monoisotopic (exact) mass is 353 g/mol. The van der Waals surface area contributed by atoms with Gasteiger partial charge in [0, 0.05) is 35.8 Å². The van der Waals surface area contributed by atoms with Gasteiger partial charge in [-0.25, -0.2) is 9.37 Å². The third kappa shape index (κ3) is 1.94. The van der Waals surface area contributed by atoms with Crippen molar-refractivity contribution < 1.29 is 4.39 Å². The second-order valence-electron chi connectivity index (χ2n) is 5.97. The molecule has 0 bridgehead atoms. The van der Waals surface area contributed by atoms with Crippen LogP contribution in [0.15, 0.2) is 30.3 Å². The zero-order valence-electron chi connectivity index (χ0n) is 13.2. The number of benzene rings is 2. The topological polar surface area (TPSA) is 65.6 Å². The quantitative estimate of drug-likeness (QED) is 0.440. The van der Waals surface area contributed by atoms with Gasteiger partial charge in [0.05, 0.1) is 22.3 Å². The van der Waals surface area contributed by atoms with Crippen molar-refractivity contribution in [1.29, 1.82) is 0 Å². The predicted molar refractivity (Wildman–Crippen MR) is 98.7 cm³/mol. The van der Waals surface area contributed by atoms with Crippen LogP contribution in [0.3, 0.4) is 0 Å². The maximum atomic E-state index is 14.8. The minimum Gasteiger partial charge on any atom is -0.386 e. The minimum absolute atomic E-state index is 0.150. The van der Waals surface area contributed by atoms with E-state index in [0.717, 1.165) is 27.5 Å². The number of H-pyrrole nitrogens is 1. The number of nitrogens with one attached hydrogen (secondary N) is 3. The third-order valence-electron chi connectivity index (χ3n) is 4.66. The molecule has 3 N–H and O–H groups in total. The zero-order chi connectivity index (χ0) is 17.1. The van der Waals surface area contributed by atoms with Crippen molar-refractivity contribution in [2.45, 2.75) is 6.54 Å². The van der Waals surface area contributed by atoms with Crippen LogP contribution in [-0.4, -0.2) is 22.0 Å². The van der Waals surface area contributed by atoms with Gasteiger partial charge in [-0.05, 0) is 23.7 Å². The van der Waals surface area contributed by atoms with Crippen LogP contribution in [0.4, 0.5) is 15.8 Å².